The van der Waals surface area contributed by atoms with Gasteiger partial charge in [-0.05, 0) is 99.5 Å². The van der Waals surface area contributed by atoms with Gasteiger partial charge in [-0.15, -0.1) is 5.92 Å². The highest BCUT2D eigenvalue weighted by atomic mass is 16.6. The van der Waals surface area contributed by atoms with Gasteiger partial charge in [0, 0.05) is 63.1 Å². The number of aliphatic hydroxyl groups excluding tert-OH is 2. The summed E-state index contributed by atoms with van der Waals surface area (Å²) in [6.07, 6.45) is 1.66. The molecule has 5 heterocycles. The van der Waals surface area contributed by atoms with Crippen molar-refractivity contribution in [1.82, 2.24) is 10.2 Å². The monoisotopic (exact) mass is 768 g/mol. The van der Waals surface area contributed by atoms with E-state index >= 15 is 0 Å². The van der Waals surface area contributed by atoms with Gasteiger partial charge in [0.2, 0.25) is 11.7 Å². The summed E-state index contributed by atoms with van der Waals surface area (Å²) < 4.78 is 17.8. The molecule has 7 bridgehead atoms. The fourth-order valence-electron chi connectivity index (χ4n) is 14.0. The first-order valence-corrected chi connectivity index (χ1v) is 20.8. The fraction of sp³-hybridized carbons (Fsp3) is 0.857. The SMILES string of the molecule is COCCCO[C@H]1CC[C@@]2(C)[C@@H](C1)C(=O)C1=C3[C@@]24C#CC[C@H]2CN2C(=O)[C@H]2C[C@@H]5[C@@H](CO)[C@H](O[C@H]5[C@@H](O)N2)C(O)(O)[C@@](C)(O)[C@H]2C[C@H](CC1)[C@]3(O)[C@]2(C)CC4. The van der Waals surface area contributed by atoms with E-state index in [1.165, 1.54) is 6.92 Å². The topological polar surface area (TPSA) is 198 Å². The predicted octanol–water partition coefficient (Wildman–Crippen LogP) is 0.764. The van der Waals surface area contributed by atoms with Crippen molar-refractivity contribution in [3.63, 3.8) is 0 Å². The lowest BCUT2D eigenvalue weighted by molar-refractivity contribution is -0.345. The van der Waals surface area contributed by atoms with Crippen LogP contribution in [0, 0.1) is 57.7 Å². The van der Waals surface area contributed by atoms with Gasteiger partial charge in [-0.2, -0.15) is 0 Å². The maximum absolute atomic E-state index is 15.0. The number of carbonyl (C=O) groups excluding carboxylic acids is 2. The molecule has 0 unspecified atom stereocenters. The highest BCUT2D eigenvalue weighted by molar-refractivity contribution is 6.01. The van der Waals surface area contributed by atoms with E-state index in [2.05, 4.69) is 24.1 Å². The van der Waals surface area contributed by atoms with Crippen LogP contribution in [0.5, 0.6) is 0 Å². The normalized spacial score (nSPS) is 52.0. The van der Waals surface area contributed by atoms with Crippen molar-refractivity contribution in [2.24, 2.45) is 45.8 Å². The van der Waals surface area contributed by atoms with E-state index in [1.807, 2.05) is 6.92 Å². The lowest BCUT2D eigenvalue weighted by atomic mass is 9.37. The van der Waals surface area contributed by atoms with Crippen molar-refractivity contribution in [3.05, 3.63) is 11.1 Å². The van der Waals surface area contributed by atoms with Crippen LogP contribution in [0.25, 0.3) is 0 Å². The maximum Gasteiger partial charge on any atom is 0.240 e. The Morgan fingerprint density at radius 3 is 2.53 bits per heavy atom. The van der Waals surface area contributed by atoms with Gasteiger partial charge in [0.15, 0.2) is 5.78 Å². The summed E-state index contributed by atoms with van der Waals surface area (Å²) in [5.74, 6) is 1.10. The van der Waals surface area contributed by atoms with Crippen molar-refractivity contribution in [1.29, 1.82) is 0 Å². The molecule has 1 spiro atoms. The Kier molecular flexibility index (Phi) is 8.95. The maximum atomic E-state index is 15.0. The number of fused-ring (bicyclic) bond motifs is 4. The van der Waals surface area contributed by atoms with E-state index in [0.29, 0.717) is 75.9 Å². The summed E-state index contributed by atoms with van der Waals surface area (Å²) in [7, 11) is 1.67. The predicted molar refractivity (Wildman–Crippen MR) is 195 cm³/mol. The summed E-state index contributed by atoms with van der Waals surface area (Å²) in [6.45, 7) is 6.63. The smallest absolute Gasteiger partial charge is 0.240 e. The Hall–Kier alpha value is -1.96. The van der Waals surface area contributed by atoms with Gasteiger partial charge >= 0.3 is 0 Å². The minimum Gasteiger partial charge on any atom is -0.396 e. The van der Waals surface area contributed by atoms with Gasteiger partial charge in [-0.25, -0.2) is 0 Å². The highest BCUT2D eigenvalue weighted by Gasteiger charge is 2.79. The standard InChI is InChI=1S/C42H60N2O11/c1-37-12-10-24(54-16-6-15-53-4)18-28(37)31(46)25-9-8-22-17-30-38(2)13-14-40(37,33(25)41(22,38)50)11-5-7-23-20-44(23)36(48)29-19-26-27(21-45)34(42(51,52)39(30,3)49)55-32(26)35(47)43-29/h22-24,26-30,32,34-35,43,45,47,49-52H,6-10,12-21H2,1-4H3/t22-,23-,24-,26+,27+,28-,29+,30-,32+,34-,35+,37-,38+,39-,40-,41+,44?/m0/s1. The van der Waals surface area contributed by atoms with E-state index in [0.717, 1.165) is 12.8 Å². The number of rotatable bonds is 6. The highest BCUT2D eigenvalue weighted by Crippen LogP contribution is 2.77. The molecule has 5 aliphatic carbocycles. The number of carbonyl (C=O) groups is 2. The zero-order valence-electron chi connectivity index (χ0n) is 32.6. The summed E-state index contributed by atoms with van der Waals surface area (Å²) >= 11 is 0. The number of amides is 1. The van der Waals surface area contributed by atoms with E-state index < -0.39 is 82.1 Å². The number of hydrogen-bond donors (Lipinski definition) is 7. The second-order valence-corrected chi connectivity index (χ2v) is 19.4. The number of hydrogen-bond acceptors (Lipinski definition) is 12. The molecule has 0 aromatic carbocycles. The number of ketones is 1. The summed E-state index contributed by atoms with van der Waals surface area (Å²) in [4.78, 5) is 30.6. The van der Waals surface area contributed by atoms with Gasteiger partial charge in [-0.3, -0.25) is 14.9 Å². The first kappa shape index (κ1) is 38.6. The van der Waals surface area contributed by atoms with E-state index in [1.54, 1.807) is 12.0 Å². The molecule has 304 valence electrons. The Bertz CT molecular complexity index is 1720. The molecule has 0 radical (unpaired) electrons. The third kappa shape index (κ3) is 4.96. The molecule has 1 amide bonds. The molecule has 5 aliphatic heterocycles. The zero-order chi connectivity index (χ0) is 39.1. The summed E-state index contributed by atoms with van der Waals surface area (Å²) in [5, 5.41) is 75.9. The van der Waals surface area contributed by atoms with Crippen LogP contribution in [0.4, 0.5) is 0 Å². The Morgan fingerprint density at radius 2 is 1.78 bits per heavy atom. The molecule has 6 fully saturated rings. The van der Waals surface area contributed by atoms with Crippen LogP contribution in [-0.4, -0.2) is 134 Å². The van der Waals surface area contributed by atoms with Gasteiger partial charge in [0.25, 0.3) is 0 Å². The van der Waals surface area contributed by atoms with E-state index in [-0.39, 0.29) is 48.5 Å². The molecule has 10 aliphatic rings. The minimum atomic E-state index is -2.93. The number of piperidine rings is 1. The van der Waals surface area contributed by atoms with Crippen LogP contribution < -0.4 is 5.32 Å². The molecule has 55 heavy (non-hydrogen) atoms. The van der Waals surface area contributed by atoms with Gasteiger partial charge in [0.05, 0.1) is 29.2 Å². The molecular weight excluding hydrogens is 708 g/mol. The Balaban J connectivity index is 1.18. The second kappa shape index (κ2) is 12.8. The van der Waals surface area contributed by atoms with Crippen LogP contribution in [0.15, 0.2) is 11.1 Å². The third-order valence-electron chi connectivity index (χ3n) is 17.1. The number of Topliss-reactive ketones (excluding diaryl/α,β-unsaturated/α-hetero) is 1. The number of nitrogens with zero attached hydrogens (tertiary/aromatic N) is 1. The van der Waals surface area contributed by atoms with Crippen molar-refractivity contribution >= 4 is 11.7 Å². The Labute approximate surface area is 323 Å². The fourth-order valence-corrected chi connectivity index (χ4v) is 14.0. The van der Waals surface area contributed by atoms with E-state index in [4.69, 9.17) is 14.2 Å². The number of allylic oxidation sites excluding steroid dienone is 1. The van der Waals surface area contributed by atoms with Crippen LogP contribution in [0.3, 0.4) is 0 Å². The second-order valence-electron chi connectivity index (χ2n) is 19.4. The van der Waals surface area contributed by atoms with Gasteiger partial charge < -0.3 is 49.7 Å². The van der Waals surface area contributed by atoms with Crippen molar-refractivity contribution in [3.8, 4) is 11.8 Å². The van der Waals surface area contributed by atoms with Crippen LogP contribution in [0.2, 0.25) is 0 Å². The van der Waals surface area contributed by atoms with Crippen LogP contribution in [0.1, 0.15) is 91.4 Å². The minimum absolute atomic E-state index is 0.0453. The zero-order valence-corrected chi connectivity index (χ0v) is 32.6. The molecular formula is C42H60N2O11. The molecule has 13 nitrogen and oxygen atoms in total. The lowest BCUT2D eigenvalue weighted by Gasteiger charge is -2.67. The first-order chi connectivity index (χ1) is 26.0. The molecule has 3 saturated heterocycles. The largest absolute Gasteiger partial charge is 0.396 e. The average molecular weight is 769 g/mol. The number of ether oxygens (including phenoxy) is 3. The lowest BCUT2D eigenvalue weighted by Crippen LogP contribution is -2.71. The average Bonchev–Trinajstić information content (AvgIpc) is 3.74. The molecule has 7 N–H and O–H groups in total. The third-order valence-corrected chi connectivity index (χ3v) is 17.1. The van der Waals surface area contributed by atoms with Crippen LogP contribution in [-0.2, 0) is 23.8 Å². The molecule has 16 atom stereocenters. The van der Waals surface area contributed by atoms with Gasteiger partial charge in [-0.1, -0.05) is 19.8 Å². The van der Waals surface area contributed by atoms with Gasteiger partial charge in [0.1, 0.15) is 24.0 Å². The summed E-state index contributed by atoms with van der Waals surface area (Å²) in [6, 6.07) is -0.908. The van der Waals surface area contributed by atoms with Crippen molar-refractivity contribution in [2.75, 3.05) is 33.5 Å². The molecule has 0 aromatic heterocycles. The van der Waals surface area contributed by atoms with E-state index in [9.17, 15) is 40.2 Å². The number of nitrogens with one attached hydrogen (secondary N) is 1. The number of aliphatic hydroxyl groups is 6. The molecule has 13 heteroatoms. The first-order valence-electron chi connectivity index (χ1n) is 20.8. The quantitative estimate of drug-likeness (QED) is 0.0869. The number of methoxy groups -OCH3 is 1. The Morgan fingerprint density at radius 1 is 1.00 bits per heavy atom. The molecule has 3 saturated carbocycles. The molecule has 10 rings (SSSR count). The van der Waals surface area contributed by atoms with Crippen molar-refractivity contribution in [2.45, 2.75) is 145 Å². The molecule has 0 aromatic rings. The van der Waals surface area contributed by atoms with Crippen LogP contribution >= 0.6 is 0 Å². The summed E-state index contributed by atoms with van der Waals surface area (Å²) in [5.41, 5.74) is -5.11. The van der Waals surface area contributed by atoms with Crippen molar-refractivity contribution < 1.29 is 54.4 Å².